The lowest BCUT2D eigenvalue weighted by Crippen LogP contribution is -2.47. The Labute approximate surface area is 114 Å². The standard InChI is InChI=1S/C11H22N2O5S/c1-9(11(15)18-2)19(16,17)13(6-7-14)8-10-4-3-5-12-10/h9-10,12,14H,3-8H2,1-2H3. The first-order valence-corrected chi connectivity index (χ1v) is 7.84. The number of carbonyl (C=O) groups is 1. The molecule has 1 rings (SSSR count). The highest BCUT2D eigenvalue weighted by molar-refractivity contribution is 7.90. The van der Waals surface area contributed by atoms with Crippen LogP contribution < -0.4 is 5.32 Å². The zero-order chi connectivity index (χ0) is 14.5. The summed E-state index contributed by atoms with van der Waals surface area (Å²) < 4.78 is 30.2. The lowest BCUT2D eigenvalue weighted by atomic mass is 10.2. The Morgan fingerprint density at radius 2 is 2.26 bits per heavy atom. The summed E-state index contributed by atoms with van der Waals surface area (Å²) in [5, 5.41) is 10.9. The van der Waals surface area contributed by atoms with Gasteiger partial charge in [-0.05, 0) is 26.3 Å². The predicted octanol–water partition coefficient (Wildman–Crippen LogP) is -1.08. The Bertz CT molecular complexity index is 392. The van der Waals surface area contributed by atoms with E-state index in [0.29, 0.717) is 0 Å². The van der Waals surface area contributed by atoms with Crippen LogP contribution in [0.25, 0.3) is 0 Å². The van der Waals surface area contributed by atoms with Crippen molar-refractivity contribution in [3.8, 4) is 0 Å². The van der Waals surface area contributed by atoms with Crippen molar-refractivity contribution in [2.24, 2.45) is 0 Å². The molecular formula is C11H22N2O5S. The van der Waals surface area contributed by atoms with E-state index < -0.39 is 21.2 Å². The van der Waals surface area contributed by atoms with Crippen molar-refractivity contribution < 1.29 is 23.1 Å². The van der Waals surface area contributed by atoms with E-state index in [9.17, 15) is 13.2 Å². The minimum Gasteiger partial charge on any atom is -0.468 e. The fourth-order valence-corrected chi connectivity index (χ4v) is 3.61. The molecule has 0 radical (unpaired) electrons. The van der Waals surface area contributed by atoms with Gasteiger partial charge in [0.05, 0.1) is 13.7 Å². The summed E-state index contributed by atoms with van der Waals surface area (Å²) in [6.07, 6.45) is 1.90. The van der Waals surface area contributed by atoms with Gasteiger partial charge in [-0.1, -0.05) is 0 Å². The topological polar surface area (TPSA) is 95.9 Å². The van der Waals surface area contributed by atoms with E-state index in [0.717, 1.165) is 30.8 Å². The van der Waals surface area contributed by atoms with E-state index in [1.807, 2.05) is 0 Å². The molecule has 0 aliphatic carbocycles. The minimum absolute atomic E-state index is 0.0121. The van der Waals surface area contributed by atoms with E-state index in [1.54, 1.807) is 0 Å². The van der Waals surface area contributed by atoms with Crippen molar-refractivity contribution in [3.63, 3.8) is 0 Å². The Morgan fingerprint density at radius 3 is 2.74 bits per heavy atom. The normalized spacial score (nSPS) is 21.6. The van der Waals surface area contributed by atoms with Gasteiger partial charge < -0.3 is 15.2 Å². The third-order valence-electron chi connectivity index (χ3n) is 3.28. The molecule has 19 heavy (non-hydrogen) atoms. The smallest absolute Gasteiger partial charge is 0.325 e. The number of hydrogen-bond acceptors (Lipinski definition) is 6. The Kier molecular flexibility index (Phi) is 6.18. The molecule has 2 N–H and O–H groups in total. The van der Waals surface area contributed by atoms with Crippen LogP contribution in [0.1, 0.15) is 19.8 Å². The number of aliphatic hydroxyl groups is 1. The molecular weight excluding hydrogens is 272 g/mol. The average molecular weight is 294 g/mol. The Hall–Kier alpha value is -0.700. The SMILES string of the molecule is COC(=O)C(C)S(=O)(=O)N(CCO)CC1CCCN1. The monoisotopic (exact) mass is 294 g/mol. The number of sulfonamides is 1. The van der Waals surface area contributed by atoms with Crippen LogP contribution in [0.5, 0.6) is 0 Å². The molecule has 0 amide bonds. The Morgan fingerprint density at radius 1 is 1.58 bits per heavy atom. The Balaban J connectivity index is 2.80. The highest BCUT2D eigenvalue weighted by atomic mass is 32.2. The molecule has 7 nitrogen and oxygen atoms in total. The molecule has 2 atom stereocenters. The highest BCUT2D eigenvalue weighted by Crippen LogP contribution is 2.14. The van der Waals surface area contributed by atoms with Crippen LogP contribution in [0.15, 0.2) is 0 Å². The molecule has 1 aliphatic heterocycles. The number of carbonyl (C=O) groups excluding carboxylic acids is 1. The second kappa shape index (κ2) is 7.18. The number of methoxy groups -OCH3 is 1. The summed E-state index contributed by atoms with van der Waals surface area (Å²) in [4.78, 5) is 11.4. The zero-order valence-electron chi connectivity index (χ0n) is 11.3. The van der Waals surface area contributed by atoms with E-state index in [4.69, 9.17) is 5.11 Å². The summed E-state index contributed by atoms with van der Waals surface area (Å²) >= 11 is 0. The first-order chi connectivity index (χ1) is 8.93. The van der Waals surface area contributed by atoms with Gasteiger partial charge in [0.25, 0.3) is 0 Å². The van der Waals surface area contributed by atoms with Crippen molar-refractivity contribution in [1.82, 2.24) is 9.62 Å². The molecule has 0 aromatic heterocycles. The molecule has 8 heteroatoms. The maximum atomic E-state index is 12.3. The zero-order valence-corrected chi connectivity index (χ0v) is 12.1. The summed E-state index contributed by atoms with van der Waals surface area (Å²) in [5.74, 6) is -0.790. The molecule has 1 fully saturated rings. The molecule has 1 aliphatic rings. The second-order valence-corrected chi connectivity index (χ2v) is 6.84. The molecule has 0 saturated carbocycles. The maximum absolute atomic E-state index is 12.3. The largest absolute Gasteiger partial charge is 0.468 e. The van der Waals surface area contributed by atoms with Crippen LogP contribution in [0.3, 0.4) is 0 Å². The molecule has 2 unspecified atom stereocenters. The van der Waals surface area contributed by atoms with Crippen LogP contribution in [0, 0.1) is 0 Å². The number of nitrogens with zero attached hydrogens (tertiary/aromatic N) is 1. The van der Waals surface area contributed by atoms with Crippen molar-refractivity contribution in [2.75, 3.05) is 33.4 Å². The number of hydrogen-bond donors (Lipinski definition) is 2. The molecule has 112 valence electrons. The lowest BCUT2D eigenvalue weighted by Gasteiger charge is -2.26. The van der Waals surface area contributed by atoms with Gasteiger partial charge in [-0.25, -0.2) is 8.42 Å². The van der Waals surface area contributed by atoms with Gasteiger partial charge in [0.2, 0.25) is 10.0 Å². The highest BCUT2D eigenvalue weighted by Gasteiger charge is 2.35. The number of ether oxygens (including phenoxy) is 1. The first kappa shape index (κ1) is 16.4. The predicted molar refractivity (Wildman–Crippen MR) is 70.1 cm³/mol. The fraction of sp³-hybridized carbons (Fsp3) is 0.909. The quantitative estimate of drug-likeness (QED) is 0.580. The van der Waals surface area contributed by atoms with Crippen molar-refractivity contribution in [3.05, 3.63) is 0 Å². The molecule has 1 saturated heterocycles. The van der Waals surface area contributed by atoms with E-state index in [2.05, 4.69) is 10.1 Å². The van der Waals surface area contributed by atoms with Crippen LogP contribution in [0.2, 0.25) is 0 Å². The third kappa shape index (κ3) is 4.13. The minimum atomic E-state index is -3.80. The van der Waals surface area contributed by atoms with Gasteiger partial charge in [0, 0.05) is 19.1 Å². The van der Waals surface area contributed by atoms with Gasteiger partial charge >= 0.3 is 5.97 Å². The van der Waals surface area contributed by atoms with Crippen LogP contribution in [-0.4, -0.2) is 68.4 Å². The number of aliphatic hydroxyl groups excluding tert-OH is 1. The van der Waals surface area contributed by atoms with Gasteiger partial charge in [-0.3, -0.25) is 4.79 Å². The lowest BCUT2D eigenvalue weighted by molar-refractivity contribution is -0.139. The molecule has 1 heterocycles. The summed E-state index contributed by atoms with van der Waals surface area (Å²) in [6.45, 7) is 2.14. The second-order valence-electron chi connectivity index (χ2n) is 4.59. The average Bonchev–Trinajstić information content (AvgIpc) is 2.89. The van der Waals surface area contributed by atoms with E-state index >= 15 is 0 Å². The number of rotatable bonds is 7. The van der Waals surface area contributed by atoms with Gasteiger partial charge in [0.1, 0.15) is 0 Å². The fourth-order valence-electron chi connectivity index (χ4n) is 2.10. The van der Waals surface area contributed by atoms with Gasteiger partial charge in [-0.15, -0.1) is 0 Å². The van der Waals surface area contributed by atoms with Crippen LogP contribution in [0.4, 0.5) is 0 Å². The van der Waals surface area contributed by atoms with E-state index in [1.165, 1.54) is 6.92 Å². The summed E-state index contributed by atoms with van der Waals surface area (Å²) in [6, 6.07) is 0.0752. The first-order valence-electron chi connectivity index (χ1n) is 6.34. The summed E-state index contributed by atoms with van der Waals surface area (Å²) in [7, 11) is -2.65. The van der Waals surface area contributed by atoms with Crippen molar-refractivity contribution in [1.29, 1.82) is 0 Å². The third-order valence-corrected chi connectivity index (χ3v) is 5.41. The molecule has 0 spiro atoms. The van der Waals surface area contributed by atoms with Crippen LogP contribution >= 0.6 is 0 Å². The number of esters is 1. The maximum Gasteiger partial charge on any atom is 0.325 e. The van der Waals surface area contributed by atoms with Crippen molar-refractivity contribution in [2.45, 2.75) is 31.1 Å². The number of nitrogens with one attached hydrogen (secondary N) is 1. The molecule has 0 bridgehead atoms. The molecule has 0 aromatic rings. The summed E-state index contributed by atoms with van der Waals surface area (Å²) in [5.41, 5.74) is 0. The van der Waals surface area contributed by atoms with Crippen LogP contribution in [-0.2, 0) is 19.6 Å². The van der Waals surface area contributed by atoms with Gasteiger partial charge in [-0.2, -0.15) is 4.31 Å². The van der Waals surface area contributed by atoms with E-state index in [-0.39, 0.29) is 25.7 Å². The molecule has 0 aromatic carbocycles. The van der Waals surface area contributed by atoms with Crippen molar-refractivity contribution >= 4 is 16.0 Å². The van der Waals surface area contributed by atoms with Gasteiger partial charge in [0.15, 0.2) is 5.25 Å².